The number of fused-ring (bicyclic) bond motifs is 1. The maximum absolute atomic E-state index is 11.6. The van der Waals surface area contributed by atoms with Crippen LogP contribution in [0.2, 0.25) is 0 Å². The van der Waals surface area contributed by atoms with Gasteiger partial charge in [0.1, 0.15) is 6.10 Å². The van der Waals surface area contributed by atoms with Gasteiger partial charge in [-0.1, -0.05) is 30.3 Å². The third kappa shape index (κ3) is 3.80. The smallest absolute Gasteiger partial charge is 0.339 e. The third-order valence-electron chi connectivity index (χ3n) is 3.85. The summed E-state index contributed by atoms with van der Waals surface area (Å²) in [7, 11) is 0. The summed E-state index contributed by atoms with van der Waals surface area (Å²) in [5.41, 5.74) is 0.891. The van der Waals surface area contributed by atoms with Crippen LogP contribution in [0.4, 0.5) is 0 Å². The lowest BCUT2D eigenvalue weighted by Gasteiger charge is -2.48. The fraction of sp³-hybridized carbons (Fsp3) is 0.471. The molecule has 0 saturated carbocycles. The fourth-order valence-corrected chi connectivity index (χ4v) is 2.79. The van der Waals surface area contributed by atoms with E-state index in [0.717, 1.165) is 5.56 Å². The standard InChI is InChI=1S/C17H18O8/c1-9(18)22-15-12(21-8-11-6-4-3-5-7-11)13-14(16(20)24-13)25-17(15)23-10(2)19/h3-7,12-15,17H,8H2,1-2H3/t12-,13-,14+,15+,17-/m1/s1. The second kappa shape index (κ2) is 7.20. The molecule has 134 valence electrons. The molecule has 0 spiro atoms. The summed E-state index contributed by atoms with van der Waals surface area (Å²) in [6.07, 6.45) is -4.75. The van der Waals surface area contributed by atoms with E-state index in [-0.39, 0.29) is 6.61 Å². The Hall–Kier alpha value is -2.45. The Labute approximate surface area is 143 Å². The fourth-order valence-electron chi connectivity index (χ4n) is 2.79. The van der Waals surface area contributed by atoms with Crippen LogP contribution in [0.15, 0.2) is 30.3 Å². The molecule has 2 heterocycles. The molecule has 25 heavy (non-hydrogen) atoms. The van der Waals surface area contributed by atoms with Crippen LogP contribution in [0.3, 0.4) is 0 Å². The van der Waals surface area contributed by atoms with Gasteiger partial charge < -0.3 is 23.7 Å². The molecule has 1 aromatic rings. The number of hydrogen-bond donors (Lipinski definition) is 0. The van der Waals surface area contributed by atoms with E-state index in [4.69, 9.17) is 23.7 Å². The summed E-state index contributed by atoms with van der Waals surface area (Å²) in [5, 5.41) is 0. The molecule has 8 heteroatoms. The van der Waals surface area contributed by atoms with Crippen LogP contribution >= 0.6 is 0 Å². The highest BCUT2D eigenvalue weighted by Gasteiger charge is 2.60. The van der Waals surface area contributed by atoms with Gasteiger partial charge in [0, 0.05) is 13.8 Å². The molecule has 3 rings (SSSR count). The number of esters is 3. The highest BCUT2D eigenvalue weighted by atomic mass is 16.8. The molecule has 0 N–H and O–H groups in total. The van der Waals surface area contributed by atoms with Gasteiger partial charge in [0.25, 0.3) is 0 Å². The van der Waals surface area contributed by atoms with Gasteiger partial charge in [-0.2, -0.15) is 0 Å². The van der Waals surface area contributed by atoms with Crippen molar-refractivity contribution in [3.8, 4) is 0 Å². The minimum Gasteiger partial charge on any atom is -0.454 e. The van der Waals surface area contributed by atoms with Crippen molar-refractivity contribution in [3.63, 3.8) is 0 Å². The molecule has 2 saturated heterocycles. The first-order chi connectivity index (χ1) is 12.0. The summed E-state index contributed by atoms with van der Waals surface area (Å²) < 4.78 is 26.7. The third-order valence-corrected chi connectivity index (χ3v) is 3.85. The highest BCUT2D eigenvalue weighted by Crippen LogP contribution is 2.35. The lowest BCUT2D eigenvalue weighted by Crippen LogP contribution is -2.69. The second-order valence-corrected chi connectivity index (χ2v) is 5.77. The predicted octanol–water partition coefficient (Wildman–Crippen LogP) is 0.717. The van der Waals surface area contributed by atoms with E-state index in [0.29, 0.717) is 0 Å². The summed E-state index contributed by atoms with van der Waals surface area (Å²) in [6, 6.07) is 9.34. The Morgan fingerprint density at radius 2 is 1.72 bits per heavy atom. The van der Waals surface area contributed by atoms with Crippen LogP contribution < -0.4 is 0 Å². The Balaban J connectivity index is 1.79. The van der Waals surface area contributed by atoms with Crippen molar-refractivity contribution in [2.24, 2.45) is 0 Å². The number of rotatable bonds is 5. The van der Waals surface area contributed by atoms with Crippen molar-refractivity contribution in [3.05, 3.63) is 35.9 Å². The van der Waals surface area contributed by atoms with Gasteiger partial charge in [0.05, 0.1) is 6.61 Å². The normalized spacial score (nSPS) is 30.5. The zero-order valence-corrected chi connectivity index (χ0v) is 13.7. The van der Waals surface area contributed by atoms with Crippen LogP contribution in [0, 0.1) is 0 Å². The topological polar surface area (TPSA) is 97.4 Å². The van der Waals surface area contributed by atoms with Gasteiger partial charge in [0.2, 0.25) is 6.29 Å². The first kappa shape index (κ1) is 17.4. The Morgan fingerprint density at radius 3 is 2.32 bits per heavy atom. The van der Waals surface area contributed by atoms with E-state index in [1.165, 1.54) is 13.8 Å². The first-order valence-corrected chi connectivity index (χ1v) is 7.81. The van der Waals surface area contributed by atoms with E-state index in [1.807, 2.05) is 30.3 Å². The number of carbonyl (C=O) groups is 3. The summed E-state index contributed by atoms with van der Waals surface area (Å²) in [4.78, 5) is 34.4. The quantitative estimate of drug-likeness (QED) is 0.566. The number of ether oxygens (including phenoxy) is 5. The number of benzene rings is 1. The number of carbonyl (C=O) groups excluding carboxylic acids is 3. The van der Waals surface area contributed by atoms with Crippen molar-refractivity contribution < 1.29 is 38.1 Å². The van der Waals surface area contributed by atoms with Gasteiger partial charge in [0.15, 0.2) is 18.3 Å². The monoisotopic (exact) mass is 350 g/mol. The zero-order chi connectivity index (χ0) is 18.0. The molecule has 0 aromatic heterocycles. The van der Waals surface area contributed by atoms with Crippen molar-refractivity contribution in [1.82, 2.24) is 0 Å². The van der Waals surface area contributed by atoms with Crippen LogP contribution in [0.25, 0.3) is 0 Å². The Kier molecular flexibility index (Phi) is 5.00. The lowest BCUT2D eigenvalue weighted by molar-refractivity contribution is -0.326. The van der Waals surface area contributed by atoms with Crippen molar-refractivity contribution >= 4 is 17.9 Å². The Morgan fingerprint density at radius 1 is 1.04 bits per heavy atom. The summed E-state index contributed by atoms with van der Waals surface area (Å²) >= 11 is 0. The SMILES string of the molecule is CC(=O)O[C@@H]1O[C@@H]2C(=O)O[C@@H]2[C@@H](OCc2ccccc2)[C@@H]1OC(C)=O. The minimum absolute atomic E-state index is 0.205. The van der Waals surface area contributed by atoms with E-state index in [2.05, 4.69) is 0 Å². The van der Waals surface area contributed by atoms with Crippen LogP contribution in [0.1, 0.15) is 19.4 Å². The average Bonchev–Trinajstić information content (AvgIpc) is 2.56. The van der Waals surface area contributed by atoms with Gasteiger partial charge in [-0.25, -0.2) is 4.79 Å². The molecule has 0 unspecified atom stereocenters. The van der Waals surface area contributed by atoms with Crippen LogP contribution in [0.5, 0.6) is 0 Å². The Bertz CT molecular complexity index is 658. The zero-order valence-electron chi connectivity index (χ0n) is 13.7. The molecule has 0 bridgehead atoms. The van der Waals surface area contributed by atoms with Crippen molar-refractivity contribution in [2.75, 3.05) is 0 Å². The molecule has 0 amide bonds. The average molecular weight is 350 g/mol. The predicted molar refractivity (Wildman–Crippen MR) is 80.9 cm³/mol. The van der Waals surface area contributed by atoms with Crippen molar-refractivity contribution in [2.45, 2.75) is 51.2 Å². The lowest BCUT2D eigenvalue weighted by atomic mass is 9.94. The molecular weight excluding hydrogens is 332 g/mol. The highest BCUT2D eigenvalue weighted by molar-refractivity contribution is 5.81. The van der Waals surface area contributed by atoms with Crippen LogP contribution in [-0.4, -0.2) is 48.6 Å². The van der Waals surface area contributed by atoms with E-state index < -0.39 is 48.6 Å². The second-order valence-electron chi connectivity index (χ2n) is 5.77. The largest absolute Gasteiger partial charge is 0.454 e. The van der Waals surface area contributed by atoms with Gasteiger partial charge in [-0.3, -0.25) is 9.59 Å². The maximum atomic E-state index is 11.6. The molecular formula is C17H18O8. The molecule has 2 aliphatic heterocycles. The van der Waals surface area contributed by atoms with E-state index in [9.17, 15) is 14.4 Å². The molecule has 2 fully saturated rings. The van der Waals surface area contributed by atoms with Gasteiger partial charge >= 0.3 is 17.9 Å². The maximum Gasteiger partial charge on any atom is 0.339 e. The molecule has 2 aliphatic rings. The number of hydrogen-bond acceptors (Lipinski definition) is 8. The minimum atomic E-state index is -1.24. The van der Waals surface area contributed by atoms with Gasteiger partial charge in [-0.05, 0) is 5.56 Å². The van der Waals surface area contributed by atoms with Crippen LogP contribution in [-0.2, 0) is 44.7 Å². The molecule has 0 radical (unpaired) electrons. The summed E-state index contributed by atoms with van der Waals surface area (Å²) in [5.74, 6) is -1.80. The summed E-state index contributed by atoms with van der Waals surface area (Å²) in [6.45, 7) is 2.62. The molecule has 8 nitrogen and oxygen atoms in total. The molecule has 5 atom stereocenters. The molecule has 0 aliphatic carbocycles. The van der Waals surface area contributed by atoms with Crippen molar-refractivity contribution in [1.29, 1.82) is 0 Å². The van der Waals surface area contributed by atoms with E-state index in [1.54, 1.807) is 0 Å². The van der Waals surface area contributed by atoms with Gasteiger partial charge in [-0.15, -0.1) is 0 Å². The van der Waals surface area contributed by atoms with E-state index >= 15 is 0 Å². The first-order valence-electron chi connectivity index (χ1n) is 7.81. The molecule has 1 aromatic carbocycles.